The van der Waals surface area contributed by atoms with Crippen LogP contribution in [-0.2, 0) is 38.1 Å². The summed E-state index contributed by atoms with van der Waals surface area (Å²) in [4.78, 5) is 45.4. The molecule has 166 valence electrons. The SMILES string of the molecule is CCOC(=O)C1(C(=O)OCC)CC1(F)Cl.CCOC(=O)C1(C(=O)OCC)CC1F. The zero-order chi connectivity index (χ0) is 22.5. The number of halogens is 3. The first-order valence-corrected chi connectivity index (χ1v) is 9.60. The molecule has 0 heterocycles. The van der Waals surface area contributed by atoms with E-state index in [1.807, 2.05) is 0 Å². The Bertz CT molecular complexity index is 616. The van der Waals surface area contributed by atoms with Crippen LogP contribution in [0.1, 0.15) is 40.5 Å². The average molecular weight is 443 g/mol. The van der Waals surface area contributed by atoms with E-state index in [0.29, 0.717) is 0 Å². The molecule has 2 rings (SSSR count). The number of ether oxygens (including phenoxy) is 4. The molecule has 0 radical (unpaired) electrons. The van der Waals surface area contributed by atoms with Gasteiger partial charge in [-0.1, -0.05) is 11.6 Å². The van der Waals surface area contributed by atoms with Crippen LogP contribution in [0.4, 0.5) is 8.78 Å². The zero-order valence-electron chi connectivity index (χ0n) is 16.7. The molecule has 2 atom stereocenters. The van der Waals surface area contributed by atoms with Crippen molar-refractivity contribution in [3.05, 3.63) is 0 Å². The summed E-state index contributed by atoms with van der Waals surface area (Å²) >= 11 is 5.36. The van der Waals surface area contributed by atoms with Gasteiger partial charge in [-0.3, -0.25) is 19.2 Å². The Morgan fingerprint density at radius 2 is 1.10 bits per heavy atom. The molecule has 0 saturated heterocycles. The number of rotatable bonds is 8. The number of alkyl halides is 3. The molecular formula is C18H25ClF2O8. The van der Waals surface area contributed by atoms with Gasteiger partial charge < -0.3 is 18.9 Å². The molecule has 0 spiro atoms. The van der Waals surface area contributed by atoms with Crippen LogP contribution < -0.4 is 0 Å². The molecule has 2 aliphatic carbocycles. The molecule has 8 nitrogen and oxygen atoms in total. The topological polar surface area (TPSA) is 105 Å². The molecule has 2 unspecified atom stereocenters. The second kappa shape index (κ2) is 9.69. The van der Waals surface area contributed by atoms with Crippen molar-refractivity contribution in [1.82, 2.24) is 0 Å². The maximum atomic E-state index is 13.4. The molecule has 0 aromatic rings. The predicted molar refractivity (Wildman–Crippen MR) is 95.2 cm³/mol. The van der Waals surface area contributed by atoms with Gasteiger partial charge in [-0.05, 0) is 27.7 Å². The Labute approximate surface area is 172 Å². The van der Waals surface area contributed by atoms with Crippen LogP contribution in [-0.4, -0.2) is 61.6 Å². The minimum Gasteiger partial charge on any atom is -0.465 e. The predicted octanol–water partition coefficient (Wildman–Crippen LogP) is 2.25. The molecular weight excluding hydrogens is 418 g/mol. The molecule has 11 heteroatoms. The van der Waals surface area contributed by atoms with Crippen molar-refractivity contribution in [1.29, 1.82) is 0 Å². The van der Waals surface area contributed by atoms with Gasteiger partial charge in [0.15, 0.2) is 5.41 Å². The van der Waals surface area contributed by atoms with Crippen molar-refractivity contribution in [2.24, 2.45) is 10.8 Å². The second-order valence-corrected chi connectivity index (χ2v) is 6.91. The zero-order valence-corrected chi connectivity index (χ0v) is 17.5. The lowest BCUT2D eigenvalue weighted by Gasteiger charge is -2.13. The molecule has 2 fully saturated rings. The van der Waals surface area contributed by atoms with Crippen molar-refractivity contribution in [3.63, 3.8) is 0 Å². The molecule has 29 heavy (non-hydrogen) atoms. The first kappa shape index (κ1) is 25.1. The van der Waals surface area contributed by atoms with Crippen molar-refractivity contribution >= 4 is 35.5 Å². The highest BCUT2D eigenvalue weighted by atomic mass is 35.5. The van der Waals surface area contributed by atoms with Gasteiger partial charge in [-0.15, -0.1) is 0 Å². The van der Waals surface area contributed by atoms with Gasteiger partial charge in [0.05, 0.1) is 26.4 Å². The average Bonchev–Trinajstić information content (AvgIpc) is 3.49. The highest BCUT2D eigenvalue weighted by molar-refractivity contribution is 6.32. The largest absolute Gasteiger partial charge is 0.465 e. The van der Waals surface area contributed by atoms with Gasteiger partial charge in [0.25, 0.3) is 0 Å². The summed E-state index contributed by atoms with van der Waals surface area (Å²) in [6, 6.07) is 0. The van der Waals surface area contributed by atoms with Crippen molar-refractivity contribution < 1.29 is 46.9 Å². The van der Waals surface area contributed by atoms with Crippen LogP contribution in [0.3, 0.4) is 0 Å². The standard InChI is InChI=1S/C9H12ClFO4.C9H13FO4/c1-3-14-6(12)8(5-9(8,10)11)7(13)15-4-2;1-3-13-7(11)9(5-6(9)10)8(12)14-4-2/h3-5H2,1-2H3;6H,3-5H2,1-2H3. The maximum absolute atomic E-state index is 13.4. The van der Waals surface area contributed by atoms with Gasteiger partial charge in [-0.25, -0.2) is 8.78 Å². The van der Waals surface area contributed by atoms with Crippen LogP contribution in [0.25, 0.3) is 0 Å². The van der Waals surface area contributed by atoms with Crippen molar-refractivity contribution in [2.75, 3.05) is 26.4 Å². The van der Waals surface area contributed by atoms with E-state index in [-0.39, 0.29) is 39.3 Å². The van der Waals surface area contributed by atoms with E-state index in [4.69, 9.17) is 11.6 Å². The van der Waals surface area contributed by atoms with E-state index >= 15 is 0 Å². The Kier molecular flexibility index (Phi) is 8.37. The highest BCUT2D eigenvalue weighted by Gasteiger charge is 2.80. The molecule has 0 bridgehead atoms. The molecule has 0 N–H and O–H groups in total. The maximum Gasteiger partial charge on any atom is 0.328 e. The fourth-order valence-corrected chi connectivity index (χ4v) is 2.93. The van der Waals surface area contributed by atoms with Gasteiger partial charge >= 0.3 is 23.9 Å². The number of hydrogen-bond donors (Lipinski definition) is 0. The van der Waals surface area contributed by atoms with Gasteiger partial charge in [-0.2, -0.15) is 0 Å². The van der Waals surface area contributed by atoms with Gasteiger partial charge in [0, 0.05) is 12.8 Å². The van der Waals surface area contributed by atoms with Crippen LogP contribution in [0, 0.1) is 10.8 Å². The molecule has 0 aliphatic heterocycles. The molecule has 2 saturated carbocycles. The lowest BCUT2D eigenvalue weighted by Crippen LogP contribution is -2.34. The fraction of sp³-hybridized carbons (Fsp3) is 0.778. The summed E-state index contributed by atoms with van der Waals surface area (Å²) in [6.45, 7) is 6.72. The molecule has 0 aromatic carbocycles. The Hall–Kier alpha value is -1.97. The summed E-state index contributed by atoms with van der Waals surface area (Å²) in [6.07, 6.45) is -1.97. The third-order valence-corrected chi connectivity index (χ3v) is 4.85. The molecule has 0 aromatic heterocycles. The molecule has 0 amide bonds. The van der Waals surface area contributed by atoms with Crippen molar-refractivity contribution in [2.45, 2.75) is 51.8 Å². The summed E-state index contributed by atoms with van der Waals surface area (Å²) in [5.41, 5.74) is -3.62. The Balaban J connectivity index is 0.000000291. The van der Waals surface area contributed by atoms with E-state index < -0.39 is 46.0 Å². The lowest BCUT2D eigenvalue weighted by atomic mass is 10.1. The summed E-state index contributed by atoms with van der Waals surface area (Å²) in [7, 11) is 0. The van der Waals surface area contributed by atoms with E-state index in [1.54, 1.807) is 27.7 Å². The smallest absolute Gasteiger partial charge is 0.328 e. The second-order valence-electron chi connectivity index (χ2n) is 6.31. The third kappa shape index (κ3) is 4.79. The fourth-order valence-electron chi connectivity index (χ4n) is 2.57. The van der Waals surface area contributed by atoms with Crippen LogP contribution in [0.2, 0.25) is 0 Å². The number of carbonyl (C=O) groups excluding carboxylic acids is 4. The number of hydrogen-bond acceptors (Lipinski definition) is 8. The van der Waals surface area contributed by atoms with E-state index in [9.17, 15) is 28.0 Å². The summed E-state index contributed by atoms with van der Waals surface area (Å²) in [5, 5.41) is -2.37. The van der Waals surface area contributed by atoms with Crippen LogP contribution in [0.15, 0.2) is 0 Å². The highest BCUT2D eigenvalue weighted by Crippen LogP contribution is 2.63. The van der Waals surface area contributed by atoms with Crippen LogP contribution >= 0.6 is 11.6 Å². The Morgan fingerprint density at radius 3 is 1.31 bits per heavy atom. The Morgan fingerprint density at radius 1 is 0.828 bits per heavy atom. The lowest BCUT2D eigenvalue weighted by molar-refractivity contribution is -0.167. The van der Waals surface area contributed by atoms with E-state index in [1.165, 1.54) is 0 Å². The quantitative estimate of drug-likeness (QED) is 0.244. The molecule has 2 aliphatic rings. The van der Waals surface area contributed by atoms with E-state index in [0.717, 1.165) is 0 Å². The van der Waals surface area contributed by atoms with E-state index in [2.05, 4.69) is 18.9 Å². The van der Waals surface area contributed by atoms with Crippen LogP contribution in [0.5, 0.6) is 0 Å². The number of esters is 4. The monoisotopic (exact) mass is 442 g/mol. The first-order valence-electron chi connectivity index (χ1n) is 9.22. The summed E-state index contributed by atoms with van der Waals surface area (Å²) in [5.74, 6) is -3.54. The first-order chi connectivity index (χ1) is 13.5. The normalized spacial score (nSPS) is 24.9. The van der Waals surface area contributed by atoms with Crippen molar-refractivity contribution in [3.8, 4) is 0 Å². The van der Waals surface area contributed by atoms with Gasteiger partial charge in [0.2, 0.25) is 10.5 Å². The summed E-state index contributed by atoms with van der Waals surface area (Å²) < 4.78 is 44.9. The minimum absolute atomic E-state index is 0.0625. The van der Waals surface area contributed by atoms with Gasteiger partial charge in [0.1, 0.15) is 6.17 Å². The minimum atomic E-state index is -2.37. The third-order valence-electron chi connectivity index (χ3n) is 4.39. The number of carbonyl (C=O) groups is 4.